The van der Waals surface area contributed by atoms with E-state index in [1.807, 2.05) is 36.6 Å². The summed E-state index contributed by atoms with van der Waals surface area (Å²) < 4.78 is 7.23. The number of aromatic nitrogens is 3. The number of nitrogens with zero attached hydrogens (tertiary/aromatic N) is 3. The molecule has 0 aliphatic heterocycles. The maximum absolute atomic E-state index is 6.19. The first-order valence-electron chi connectivity index (χ1n) is 6.21. The molecule has 3 aromatic rings. The molecule has 0 atom stereocenters. The van der Waals surface area contributed by atoms with Gasteiger partial charge in [-0.15, -0.1) is 0 Å². The first kappa shape index (κ1) is 12.2. The van der Waals surface area contributed by atoms with E-state index >= 15 is 0 Å². The highest BCUT2D eigenvalue weighted by atomic mass is 35.5. The van der Waals surface area contributed by atoms with Gasteiger partial charge in [-0.1, -0.05) is 17.3 Å². The number of fused-ring (bicyclic) bond motifs is 1. The molecule has 0 bridgehead atoms. The number of hydrogen-bond acceptors (Lipinski definition) is 3. The van der Waals surface area contributed by atoms with Crippen molar-refractivity contribution in [2.75, 3.05) is 0 Å². The minimum Gasteiger partial charge on any atom is -0.361 e. The van der Waals surface area contributed by atoms with E-state index in [2.05, 4.69) is 17.1 Å². The summed E-state index contributed by atoms with van der Waals surface area (Å²) in [4.78, 5) is 4.48. The monoisotopic (exact) mass is 275 g/mol. The van der Waals surface area contributed by atoms with Crippen molar-refractivity contribution in [1.82, 2.24) is 14.7 Å². The predicted molar refractivity (Wildman–Crippen MR) is 75.4 cm³/mol. The Morgan fingerprint density at radius 1 is 1.32 bits per heavy atom. The Bertz CT molecular complexity index is 738. The maximum atomic E-state index is 6.19. The summed E-state index contributed by atoms with van der Waals surface area (Å²) in [7, 11) is 0. The average molecular weight is 276 g/mol. The van der Waals surface area contributed by atoms with Crippen molar-refractivity contribution < 1.29 is 4.52 Å². The van der Waals surface area contributed by atoms with Crippen LogP contribution in [0.1, 0.15) is 18.4 Å². The van der Waals surface area contributed by atoms with Gasteiger partial charge < -0.3 is 9.09 Å². The van der Waals surface area contributed by atoms with Gasteiger partial charge in [0.05, 0.1) is 16.7 Å². The van der Waals surface area contributed by atoms with Crippen molar-refractivity contribution in [3.8, 4) is 11.1 Å². The molecule has 5 heteroatoms. The van der Waals surface area contributed by atoms with E-state index < -0.39 is 0 Å². The van der Waals surface area contributed by atoms with Crippen LogP contribution in [-0.2, 0) is 6.54 Å². The lowest BCUT2D eigenvalue weighted by molar-refractivity contribution is 0.393. The van der Waals surface area contributed by atoms with Gasteiger partial charge in [-0.05, 0) is 38.4 Å². The van der Waals surface area contributed by atoms with E-state index in [1.165, 1.54) is 0 Å². The Morgan fingerprint density at radius 3 is 2.74 bits per heavy atom. The molecule has 0 unspecified atom stereocenters. The van der Waals surface area contributed by atoms with Gasteiger partial charge in [-0.3, -0.25) is 0 Å². The van der Waals surface area contributed by atoms with Crippen LogP contribution in [0.25, 0.3) is 22.2 Å². The summed E-state index contributed by atoms with van der Waals surface area (Å²) in [6.45, 7) is 6.69. The lowest BCUT2D eigenvalue weighted by Crippen LogP contribution is -1.93. The third-order valence-corrected chi connectivity index (χ3v) is 3.64. The summed E-state index contributed by atoms with van der Waals surface area (Å²) in [5.74, 6) is 0.798. The molecule has 0 amide bonds. The van der Waals surface area contributed by atoms with Crippen molar-refractivity contribution in [3.63, 3.8) is 0 Å². The zero-order valence-corrected chi connectivity index (χ0v) is 11.8. The van der Waals surface area contributed by atoms with Crippen molar-refractivity contribution in [1.29, 1.82) is 0 Å². The molecule has 0 N–H and O–H groups in total. The fraction of sp³-hybridized carbons (Fsp3) is 0.286. The molecule has 0 fully saturated rings. The Morgan fingerprint density at radius 2 is 2.11 bits per heavy atom. The lowest BCUT2D eigenvalue weighted by Gasteiger charge is -2.03. The molecule has 0 radical (unpaired) electrons. The van der Waals surface area contributed by atoms with Crippen molar-refractivity contribution in [2.45, 2.75) is 27.3 Å². The second-order valence-corrected chi connectivity index (χ2v) is 4.84. The number of aryl methyl sites for hydroxylation is 3. The minimum atomic E-state index is 0.511. The van der Waals surface area contributed by atoms with E-state index in [0.717, 1.165) is 40.2 Å². The topological polar surface area (TPSA) is 43.9 Å². The lowest BCUT2D eigenvalue weighted by atomic mass is 10.0. The van der Waals surface area contributed by atoms with Crippen LogP contribution in [0, 0.1) is 13.8 Å². The van der Waals surface area contributed by atoms with E-state index in [4.69, 9.17) is 16.1 Å². The first-order chi connectivity index (χ1) is 9.13. The Kier molecular flexibility index (Phi) is 2.82. The van der Waals surface area contributed by atoms with Gasteiger partial charge in [-0.25, -0.2) is 4.98 Å². The summed E-state index contributed by atoms with van der Waals surface area (Å²) in [6, 6.07) is 6.06. The van der Waals surface area contributed by atoms with Crippen LogP contribution < -0.4 is 0 Å². The first-order valence-corrected chi connectivity index (χ1v) is 6.59. The molecule has 2 heterocycles. The molecular weight excluding hydrogens is 262 g/mol. The summed E-state index contributed by atoms with van der Waals surface area (Å²) in [5.41, 5.74) is 4.81. The quantitative estimate of drug-likeness (QED) is 0.710. The standard InChI is InChI=1S/C14H14ClN3O/c1-4-18-11-7-5-6-10(13(11)16-14(18)15)12-8(2)17-19-9(12)3/h5-7H,4H2,1-3H3. The van der Waals surface area contributed by atoms with Crippen LogP contribution in [-0.4, -0.2) is 14.7 Å². The van der Waals surface area contributed by atoms with Gasteiger partial charge in [0, 0.05) is 17.7 Å². The zero-order valence-electron chi connectivity index (χ0n) is 11.1. The van der Waals surface area contributed by atoms with Crippen molar-refractivity contribution in [2.24, 2.45) is 0 Å². The predicted octanol–water partition coefficient (Wildman–Crippen LogP) is 3.98. The van der Waals surface area contributed by atoms with E-state index in [9.17, 15) is 0 Å². The van der Waals surface area contributed by atoms with Crippen LogP contribution in [0.5, 0.6) is 0 Å². The average Bonchev–Trinajstić information content (AvgIpc) is 2.89. The van der Waals surface area contributed by atoms with E-state index in [1.54, 1.807) is 0 Å². The fourth-order valence-corrected chi connectivity index (χ4v) is 2.78. The molecule has 3 rings (SSSR count). The van der Waals surface area contributed by atoms with Gasteiger partial charge in [0.15, 0.2) is 0 Å². The van der Waals surface area contributed by atoms with Gasteiger partial charge >= 0.3 is 0 Å². The van der Waals surface area contributed by atoms with Crippen LogP contribution >= 0.6 is 11.6 Å². The molecule has 19 heavy (non-hydrogen) atoms. The highest BCUT2D eigenvalue weighted by Crippen LogP contribution is 2.33. The number of benzene rings is 1. The smallest absolute Gasteiger partial charge is 0.203 e. The molecule has 0 aliphatic carbocycles. The molecule has 0 aliphatic rings. The summed E-state index contributed by atoms with van der Waals surface area (Å²) >= 11 is 6.19. The van der Waals surface area contributed by atoms with Crippen molar-refractivity contribution in [3.05, 3.63) is 34.9 Å². The molecule has 98 valence electrons. The maximum Gasteiger partial charge on any atom is 0.203 e. The molecule has 0 spiro atoms. The molecule has 2 aromatic heterocycles. The highest BCUT2D eigenvalue weighted by molar-refractivity contribution is 6.29. The largest absolute Gasteiger partial charge is 0.361 e. The van der Waals surface area contributed by atoms with E-state index in [-0.39, 0.29) is 0 Å². The number of imidazole rings is 1. The minimum absolute atomic E-state index is 0.511. The zero-order chi connectivity index (χ0) is 13.6. The van der Waals surface area contributed by atoms with Crippen molar-refractivity contribution >= 4 is 22.6 Å². The second kappa shape index (κ2) is 4.38. The molecule has 1 aromatic carbocycles. The number of para-hydroxylation sites is 1. The second-order valence-electron chi connectivity index (χ2n) is 4.50. The van der Waals surface area contributed by atoms with Gasteiger partial charge in [0.2, 0.25) is 5.28 Å². The Hall–Kier alpha value is -1.81. The molecule has 4 nitrogen and oxygen atoms in total. The molecular formula is C14H14ClN3O. The normalized spacial score (nSPS) is 11.4. The Labute approximate surface area is 116 Å². The highest BCUT2D eigenvalue weighted by Gasteiger charge is 2.17. The number of rotatable bonds is 2. The number of hydrogen-bond donors (Lipinski definition) is 0. The van der Waals surface area contributed by atoms with Gasteiger partial charge in [0.1, 0.15) is 5.76 Å². The SMILES string of the molecule is CCn1c(Cl)nc2c(-c3c(C)noc3C)cccc21. The van der Waals surface area contributed by atoms with Gasteiger partial charge in [0.25, 0.3) is 0 Å². The van der Waals surface area contributed by atoms with E-state index in [0.29, 0.717) is 5.28 Å². The van der Waals surface area contributed by atoms with Crippen LogP contribution in [0.3, 0.4) is 0 Å². The number of halogens is 1. The third-order valence-electron chi connectivity index (χ3n) is 3.35. The van der Waals surface area contributed by atoms with Crippen LogP contribution in [0.4, 0.5) is 0 Å². The fourth-order valence-electron chi connectivity index (χ4n) is 2.49. The summed E-state index contributed by atoms with van der Waals surface area (Å²) in [6.07, 6.45) is 0. The summed E-state index contributed by atoms with van der Waals surface area (Å²) in [5, 5.41) is 4.52. The van der Waals surface area contributed by atoms with Crippen LogP contribution in [0.2, 0.25) is 5.28 Å². The molecule has 0 saturated heterocycles. The van der Waals surface area contributed by atoms with Crippen LogP contribution in [0.15, 0.2) is 22.7 Å². The third kappa shape index (κ3) is 1.75. The van der Waals surface area contributed by atoms with Gasteiger partial charge in [-0.2, -0.15) is 0 Å². The Balaban J connectivity index is 2.37. The molecule has 0 saturated carbocycles.